The molecule has 17 heavy (non-hydrogen) atoms. The predicted octanol–water partition coefficient (Wildman–Crippen LogP) is 1.79. The third kappa shape index (κ3) is 4.57. The molecule has 1 rings (SSSR count). The number of rotatable bonds is 7. The first-order valence-electron chi connectivity index (χ1n) is 7.20. The second-order valence-electron chi connectivity index (χ2n) is 5.78. The highest BCUT2D eigenvalue weighted by Crippen LogP contribution is 2.22. The van der Waals surface area contributed by atoms with Gasteiger partial charge in [0.25, 0.3) is 0 Å². The van der Waals surface area contributed by atoms with Crippen molar-refractivity contribution in [1.82, 2.24) is 15.1 Å². The van der Waals surface area contributed by atoms with Gasteiger partial charge in [0.15, 0.2) is 0 Å². The van der Waals surface area contributed by atoms with Crippen molar-refractivity contribution in [3.63, 3.8) is 0 Å². The lowest BCUT2D eigenvalue weighted by Gasteiger charge is -2.36. The van der Waals surface area contributed by atoms with E-state index in [9.17, 15) is 0 Å². The van der Waals surface area contributed by atoms with Gasteiger partial charge in [-0.2, -0.15) is 0 Å². The summed E-state index contributed by atoms with van der Waals surface area (Å²) in [6.45, 7) is 10.5. The van der Waals surface area contributed by atoms with Crippen LogP contribution in [0.3, 0.4) is 0 Å². The van der Waals surface area contributed by atoms with Gasteiger partial charge >= 0.3 is 0 Å². The largest absolute Gasteiger partial charge is 0.313 e. The monoisotopic (exact) mass is 241 g/mol. The Bertz CT molecular complexity index is 206. The highest BCUT2D eigenvalue weighted by molar-refractivity contribution is 4.88. The molecule has 0 aromatic heterocycles. The summed E-state index contributed by atoms with van der Waals surface area (Å²) in [4.78, 5) is 5.02. The number of likely N-dealkylation sites (N-methyl/N-ethyl adjacent to an activating group) is 1. The molecule has 1 fully saturated rings. The van der Waals surface area contributed by atoms with Gasteiger partial charge in [0.2, 0.25) is 0 Å². The van der Waals surface area contributed by atoms with Crippen molar-refractivity contribution in [2.45, 2.75) is 58.2 Å². The smallest absolute Gasteiger partial charge is 0.0226 e. The predicted molar refractivity (Wildman–Crippen MR) is 75.5 cm³/mol. The lowest BCUT2D eigenvalue weighted by molar-refractivity contribution is 0.137. The zero-order valence-corrected chi connectivity index (χ0v) is 12.4. The van der Waals surface area contributed by atoms with Crippen molar-refractivity contribution in [3.8, 4) is 0 Å². The molecule has 0 aromatic rings. The van der Waals surface area contributed by atoms with Gasteiger partial charge < -0.3 is 10.2 Å². The average Bonchev–Trinajstić information content (AvgIpc) is 2.71. The van der Waals surface area contributed by atoms with E-state index in [1.165, 1.54) is 32.4 Å². The Balaban J connectivity index is 2.45. The first kappa shape index (κ1) is 14.9. The SMILES string of the molecule is CCCNC(C)C(C)N1CCCC1CN(C)C. The molecule has 0 aliphatic carbocycles. The molecule has 1 N–H and O–H groups in total. The van der Waals surface area contributed by atoms with Gasteiger partial charge in [0, 0.05) is 24.7 Å². The van der Waals surface area contributed by atoms with E-state index in [0.29, 0.717) is 12.1 Å². The number of hydrogen-bond donors (Lipinski definition) is 1. The molecule has 1 saturated heterocycles. The minimum Gasteiger partial charge on any atom is -0.313 e. The zero-order valence-electron chi connectivity index (χ0n) is 12.4. The summed E-state index contributed by atoms with van der Waals surface area (Å²) in [7, 11) is 4.36. The summed E-state index contributed by atoms with van der Waals surface area (Å²) in [6.07, 6.45) is 3.95. The van der Waals surface area contributed by atoms with Crippen molar-refractivity contribution in [3.05, 3.63) is 0 Å². The lowest BCUT2D eigenvalue weighted by atomic mass is 10.1. The van der Waals surface area contributed by atoms with Crippen LogP contribution in [0.1, 0.15) is 40.0 Å². The molecule has 102 valence electrons. The summed E-state index contributed by atoms with van der Waals surface area (Å²) in [5.74, 6) is 0. The van der Waals surface area contributed by atoms with Crippen molar-refractivity contribution >= 4 is 0 Å². The topological polar surface area (TPSA) is 18.5 Å². The minimum absolute atomic E-state index is 0.595. The van der Waals surface area contributed by atoms with E-state index < -0.39 is 0 Å². The summed E-state index contributed by atoms with van der Waals surface area (Å²) < 4.78 is 0. The van der Waals surface area contributed by atoms with E-state index in [4.69, 9.17) is 0 Å². The van der Waals surface area contributed by atoms with E-state index in [1.54, 1.807) is 0 Å². The molecule has 3 nitrogen and oxygen atoms in total. The Morgan fingerprint density at radius 1 is 1.35 bits per heavy atom. The maximum Gasteiger partial charge on any atom is 0.0226 e. The number of nitrogens with one attached hydrogen (secondary N) is 1. The van der Waals surface area contributed by atoms with Gasteiger partial charge in [-0.25, -0.2) is 0 Å². The van der Waals surface area contributed by atoms with Gasteiger partial charge in [-0.15, -0.1) is 0 Å². The molecule has 1 aliphatic heterocycles. The van der Waals surface area contributed by atoms with E-state index in [0.717, 1.165) is 12.6 Å². The molecule has 0 radical (unpaired) electrons. The third-order valence-electron chi connectivity index (χ3n) is 3.96. The van der Waals surface area contributed by atoms with E-state index >= 15 is 0 Å². The average molecular weight is 241 g/mol. The Hall–Kier alpha value is -0.120. The zero-order chi connectivity index (χ0) is 12.8. The fraction of sp³-hybridized carbons (Fsp3) is 1.00. The summed E-state index contributed by atoms with van der Waals surface area (Å²) in [5, 5.41) is 3.63. The molecule has 3 heteroatoms. The molecule has 1 aliphatic rings. The molecule has 0 aromatic carbocycles. The second-order valence-corrected chi connectivity index (χ2v) is 5.78. The molecule has 3 atom stereocenters. The Kier molecular flexibility index (Phi) is 6.45. The molecule has 0 spiro atoms. The minimum atomic E-state index is 0.595. The molecule has 0 bridgehead atoms. The number of nitrogens with zero attached hydrogens (tertiary/aromatic N) is 2. The fourth-order valence-electron chi connectivity index (χ4n) is 2.84. The van der Waals surface area contributed by atoms with Gasteiger partial charge in [0.05, 0.1) is 0 Å². The molecular formula is C14H31N3. The van der Waals surface area contributed by atoms with E-state index in [-0.39, 0.29) is 0 Å². The van der Waals surface area contributed by atoms with Crippen LogP contribution < -0.4 is 5.32 Å². The van der Waals surface area contributed by atoms with Gasteiger partial charge in [-0.1, -0.05) is 6.92 Å². The van der Waals surface area contributed by atoms with Crippen LogP contribution in [0.25, 0.3) is 0 Å². The second kappa shape index (κ2) is 7.34. The summed E-state index contributed by atoms with van der Waals surface area (Å²) in [5.41, 5.74) is 0. The number of hydrogen-bond acceptors (Lipinski definition) is 3. The summed E-state index contributed by atoms with van der Waals surface area (Å²) in [6, 6.07) is 2.00. The molecule has 1 heterocycles. The lowest BCUT2D eigenvalue weighted by Crippen LogP contribution is -2.51. The van der Waals surface area contributed by atoms with Crippen LogP contribution in [0, 0.1) is 0 Å². The molecule has 0 saturated carbocycles. The van der Waals surface area contributed by atoms with Crippen molar-refractivity contribution < 1.29 is 0 Å². The van der Waals surface area contributed by atoms with Crippen LogP contribution in [0.5, 0.6) is 0 Å². The molecule has 3 unspecified atom stereocenters. The highest BCUT2D eigenvalue weighted by atomic mass is 15.3. The maximum atomic E-state index is 3.63. The van der Waals surface area contributed by atoms with Crippen LogP contribution in [0.4, 0.5) is 0 Å². The van der Waals surface area contributed by atoms with Gasteiger partial charge in [-0.05, 0) is 60.3 Å². The van der Waals surface area contributed by atoms with Crippen molar-refractivity contribution in [2.24, 2.45) is 0 Å². The number of likely N-dealkylation sites (tertiary alicyclic amines) is 1. The van der Waals surface area contributed by atoms with Gasteiger partial charge in [-0.3, -0.25) is 4.90 Å². The Labute approximate surface area is 108 Å². The standard InChI is InChI=1S/C14H31N3/c1-6-9-15-12(2)13(3)17-10-7-8-14(17)11-16(4)5/h12-15H,6-11H2,1-5H3. The van der Waals surface area contributed by atoms with Crippen molar-refractivity contribution in [1.29, 1.82) is 0 Å². The molecular weight excluding hydrogens is 210 g/mol. The summed E-state index contributed by atoms with van der Waals surface area (Å²) >= 11 is 0. The third-order valence-corrected chi connectivity index (χ3v) is 3.96. The maximum absolute atomic E-state index is 3.63. The first-order chi connectivity index (χ1) is 8.06. The Morgan fingerprint density at radius 2 is 2.06 bits per heavy atom. The van der Waals surface area contributed by atoms with Crippen LogP contribution in [0.15, 0.2) is 0 Å². The normalized spacial score (nSPS) is 25.4. The highest BCUT2D eigenvalue weighted by Gasteiger charge is 2.30. The van der Waals surface area contributed by atoms with Crippen LogP contribution in [-0.4, -0.2) is 61.7 Å². The van der Waals surface area contributed by atoms with Crippen molar-refractivity contribution in [2.75, 3.05) is 33.7 Å². The van der Waals surface area contributed by atoms with Crippen LogP contribution in [0.2, 0.25) is 0 Å². The van der Waals surface area contributed by atoms with Crippen LogP contribution >= 0.6 is 0 Å². The fourth-order valence-corrected chi connectivity index (χ4v) is 2.84. The Morgan fingerprint density at radius 3 is 2.65 bits per heavy atom. The van der Waals surface area contributed by atoms with Gasteiger partial charge in [0.1, 0.15) is 0 Å². The first-order valence-corrected chi connectivity index (χ1v) is 7.20. The van der Waals surface area contributed by atoms with E-state index in [2.05, 4.69) is 50.0 Å². The van der Waals surface area contributed by atoms with E-state index in [1.807, 2.05) is 0 Å². The van der Waals surface area contributed by atoms with Crippen LogP contribution in [-0.2, 0) is 0 Å². The molecule has 0 amide bonds. The quantitative estimate of drug-likeness (QED) is 0.733.